The normalized spacial score (nSPS) is 16.7. The van der Waals surface area contributed by atoms with Crippen molar-refractivity contribution in [1.82, 2.24) is 4.90 Å². The van der Waals surface area contributed by atoms with E-state index in [1.54, 1.807) is 23.1 Å². The highest BCUT2D eigenvalue weighted by Gasteiger charge is 2.28. The van der Waals surface area contributed by atoms with Crippen molar-refractivity contribution in [1.29, 1.82) is 0 Å². The zero-order valence-corrected chi connectivity index (χ0v) is 15.3. The molecule has 2 aromatic carbocycles. The largest absolute Gasteiger partial charge is 0.451 e. The molecule has 0 aliphatic carbocycles. The summed E-state index contributed by atoms with van der Waals surface area (Å²) in [5.74, 6) is -0.239. The molecule has 1 atom stereocenters. The highest BCUT2D eigenvalue weighted by Crippen LogP contribution is 2.27. The summed E-state index contributed by atoms with van der Waals surface area (Å²) in [6.07, 6.45) is 1.86. The number of carbonyl (C=O) groups is 1. The van der Waals surface area contributed by atoms with Crippen LogP contribution in [0.3, 0.4) is 0 Å². The molecule has 1 amide bonds. The topological polar surface area (TPSA) is 42.7 Å². The Balaban J connectivity index is 1.66. The second-order valence-corrected chi connectivity index (χ2v) is 6.96. The van der Waals surface area contributed by atoms with Crippen LogP contribution in [-0.2, 0) is 11.3 Å². The lowest BCUT2D eigenvalue weighted by molar-refractivity contribution is 0.0482. The van der Waals surface area contributed by atoms with Crippen LogP contribution in [-0.4, -0.2) is 30.1 Å². The van der Waals surface area contributed by atoms with Gasteiger partial charge < -0.3 is 14.1 Å². The van der Waals surface area contributed by atoms with E-state index in [2.05, 4.69) is 0 Å². The summed E-state index contributed by atoms with van der Waals surface area (Å²) in [5, 5.41) is 0.920. The van der Waals surface area contributed by atoms with Gasteiger partial charge in [-0.2, -0.15) is 0 Å². The average Bonchev–Trinajstić information content (AvgIpc) is 3.31. The van der Waals surface area contributed by atoms with Gasteiger partial charge in [-0.1, -0.05) is 36.4 Å². The third-order valence-electron chi connectivity index (χ3n) is 5.09. The van der Waals surface area contributed by atoms with Crippen LogP contribution in [0.4, 0.5) is 4.39 Å². The molecular formula is C22H22FNO3. The number of amides is 1. The zero-order chi connectivity index (χ0) is 18.8. The standard InChI is InChI=1S/C22H22FNO3/c1-15-18-9-3-5-11-20(18)27-21(15)22(25)24(14-17-8-6-12-26-17)13-16-7-2-4-10-19(16)23/h2-5,7,9-11,17H,6,8,12-14H2,1H3. The monoisotopic (exact) mass is 367 g/mol. The fraction of sp³-hybridized carbons (Fsp3) is 0.318. The molecule has 0 N–H and O–H groups in total. The van der Waals surface area contributed by atoms with E-state index in [4.69, 9.17) is 9.15 Å². The van der Waals surface area contributed by atoms with Gasteiger partial charge in [0.15, 0.2) is 5.76 Å². The molecule has 1 aliphatic heterocycles. The number of benzene rings is 2. The molecule has 2 heterocycles. The van der Waals surface area contributed by atoms with Crippen molar-refractivity contribution in [3.05, 3.63) is 71.2 Å². The van der Waals surface area contributed by atoms with Gasteiger partial charge in [-0.25, -0.2) is 4.39 Å². The second-order valence-electron chi connectivity index (χ2n) is 6.96. The minimum absolute atomic E-state index is 0.0228. The van der Waals surface area contributed by atoms with Gasteiger partial charge in [0.2, 0.25) is 0 Å². The fourth-order valence-electron chi connectivity index (χ4n) is 3.61. The molecule has 3 aromatic rings. The molecule has 4 nitrogen and oxygen atoms in total. The molecule has 1 aromatic heterocycles. The number of hydrogen-bond donors (Lipinski definition) is 0. The van der Waals surface area contributed by atoms with Gasteiger partial charge in [0, 0.05) is 36.2 Å². The predicted molar refractivity (Wildman–Crippen MR) is 101 cm³/mol. The van der Waals surface area contributed by atoms with Gasteiger partial charge in [-0.05, 0) is 31.9 Å². The number of halogens is 1. The molecule has 4 rings (SSSR count). The number of furan rings is 1. The van der Waals surface area contributed by atoms with E-state index in [1.165, 1.54) is 6.07 Å². The number of nitrogens with zero attached hydrogens (tertiary/aromatic N) is 1. The molecule has 1 aliphatic rings. The first-order valence-corrected chi connectivity index (χ1v) is 9.26. The first-order valence-electron chi connectivity index (χ1n) is 9.26. The highest BCUT2D eigenvalue weighted by atomic mass is 19.1. The maximum atomic E-state index is 14.2. The molecule has 140 valence electrons. The molecule has 27 heavy (non-hydrogen) atoms. The number of para-hydroxylation sites is 1. The third kappa shape index (κ3) is 3.60. The molecular weight excluding hydrogens is 345 g/mol. The van der Waals surface area contributed by atoms with Crippen molar-refractivity contribution in [2.45, 2.75) is 32.4 Å². The Labute approximate surface area is 157 Å². The van der Waals surface area contributed by atoms with Crippen LogP contribution in [0.15, 0.2) is 52.9 Å². The molecule has 0 radical (unpaired) electrons. The maximum absolute atomic E-state index is 14.2. The molecule has 0 bridgehead atoms. The van der Waals surface area contributed by atoms with Crippen LogP contribution in [0.25, 0.3) is 11.0 Å². The number of hydrogen-bond acceptors (Lipinski definition) is 3. The SMILES string of the molecule is Cc1c(C(=O)N(Cc2ccccc2F)CC2CCCO2)oc2ccccc12. The van der Waals surface area contributed by atoms with E-state index in [0.29, 0.717) is 30.1 Å². The first-order chi connectivity index (χ1) is 13.1. The average molecular weight is 367 g/mol. The van der Waals surface area contributed by atoms with Gasteiger partial charge in [0.25, 0.3) is 5.91 Å². The Morgan fingerprint density at radius 3 is 2.70 bits per heavy atom. The molecule has 0 spiro atoms. The fourth-order valence-corrected chi connectivity index (χ4v) is 3.61. The Kier molecular flexibility index (Phi) is 4.94. The third-order valence-corrected chi connectivity index (χ3v) is 5.09. The maximum Gasteiger partial charge on any atom is 0.290 e. The summed E-state index contributed by atoms with van der Waals surface area (Å²) in [6.45, 7) is 3.19. The number of aryl methyl sites for hydroxylation is 1. The molecule has 5 heteroatoms. The Bertz CT molecular complexity index is 959. The van der Waals surface area contributed by atoms with Crippen LogP contribution in [0, 0.1) is 12.7 Å². The Morgan fingerprint density at radius 2 is 1.96 bits per heavy atom. The lowest BCUT2D eigenvalue weighted by Gasteiger charge is -2.25. The van der Waals surface area contributed by atoms with Crippen LogP contribution in [0.2, 0.25) is 0 Å². The number of rotatable bonds is 5. The number of carbonyl (C=O) groups excluding carboxylic acids is 1. The molecule has 1 saturated heterocycles. The molecule has 0 saturated carbocycles. The number of fused-ring (bicyclic) bond motifs is 1. The van der Waals surface area contributed by atoms with Gasteiger partial charge in [0.1, 0.15) is 11.4 Å². The van der Waals surface area contributed by atoms with E-state index in [0.717, 1.165) is 23.8 Å². The zero-order valence-electron chi connectivity index (χ0n) is 15.3. The summed E-state index contributed by atoms with van der Waals surface area (Å²) in [4.78, 5) is 14.9. The second kappa shape index (κ2) is 7.53. The highest BCUT2D eigenvalue weighted by molar-refractivity contribution is 5.98. The van der Waals surface area contributed by atoms with Gasteiger partial charge in [0.05, 0.1) is 6.10 Å². The minimum Gasteiger partial charge on any atom is -0.451 e. The first kappa shape index (κ1) is 17.7. The lowest BCUT2D eigenvalue weighted by atomic mass is 10.1. The van der Waals surface area contributed by atoms with Crippen molar-refractivity contribution >= 4 is 16.9 Å². The van der Waals surface area contributed by atoms with E-state index >= 15 is 0 Å². The van der Waals surface area contributed by atoms with Crippen molar-refractivity contribution in [2.75, 3.05) is 13.2 Å². The van der Waals surface area contributed by atoms with Gasteiger partial charge >= 0.3 is 0 Å². The van der Waals surface area contributed by atoms with E-state index in [1.807, 2.05) is 31.2 Å². The Morgan fingerprint density at radius 1 is 1.19 bits per heavy atom. The molecule has 1 unspecified atom stereocenters. The van der Waals surface area contributed by atoms with Crippen molar-refractivity contribution in [3.8, 4) is 0 Å². The molecule has 1 fully saturated rings. The van der Waals surface area contributed by atoms with E-state index in [9.17, 15) is 9.18 Å². The lowest BCUT2D eigenvalue weighted by Crippen LogP contribution is -2.37. The van der Waals surface area contributed by atoms with Crippen molar-refractivity contribution in [3.63, 3.8) is 0 Å². The van der Waals surface area contributed by atoms with Crippen LogP contribution in [0.5, 0.6) is 0 Å². The van der Waals surface area contributed by atoms with Gasteiger partial charge in [-0.15, -0.1) is 0 Å². The smallest absolute Gasteiger partial charge is 0.290 e. The summed E-state index contributed by atoms with van der Waals surface area (Å²) >= 11 is 0. The van der Waals surface area contributed by atoms with Crippen molar-refractivity contribution in [2.24, 2.45) is 0 Å². The van der Waals surface area contributed by atoms with Crippen LogP contribution >= 0.6 is 0 Å². The summed E-state index contributed by atoms with van der Waals surface area (Å²) in [7, 11) is 0. The van der Waals surface area contributed by atoms with Crippen LogP contribution < -0.4 is 0 Å². The minimum atomic E-state index is -0.316. The Hall–Kier alpha value is -2.66. The summed E-state index contributed by atoms with van der Waals surface area (Å²) in [6, 6.07) is 14.1. The predicted octanol–water partition coefficient (Wildman–Crippen LogP) is 4.70. The summed E-state index contributed by atoms with van der Waals surface area (Å²) < 4.78 is 25.7. The van der Waals surface area contributed by atoms with Crippen LogP contribution in [0.1, 0.15) is 34.5 Å². The van der Waals surface area contributed by atoms with Gasteiger partial charge in [-0.3, -0.25) is 4.79 Å². The quantitative estimate of drug-likeness (QED) is 0.656. The van der Waals surface area contributed by atoms with E-state index in [-0.39, 0.29) is 24.4 Å². The summed E-state index contributed by atoms with van der Waals surface area (Å²) in [5.41, 5.74) is 1.97. The van der Waals surface area contributed by atoms with Crippen molar-refractivity contribution < 1.29 is 18.3 Å². The number of ether oxygens (including phenoxy) is 1. The van der Waals surface area contributed by atoms with E-state index < -0.39 is 0 Å².